The zero-order valence-electron chi connectivity index (χ0n) is 19.5. The maximum atomic E-state index is 3.38. The average molecular weight is 634 g/mol. The van der Waals surface area contributed by atoms with Crippen molar-refractivity contribution in [3.8, 4) is 0 Å². The number of hydrogen-bond acceptors (Lipinski definition) is 0. The predicted molar refractivity (Wildman–Crippen MR) is 132 cm³/mol. The molecule has 4 aromatic carbocycles. The van der Waals surface area contributed by atoms with Crippen LogP contribution in [0.3, 0.4) is 0 Å². The molecule has 0 heterocycles. The Balaban J connectivity index is 0. The van der Waals surface area contributed by atoms with Crippen molar-refractivity contribution >= 4 is 21.5 Å². The van der Waals surface area contributed by atoms with Gasteiger partial charge in [0.25, 0.3) is 0 Å². The molecule has 4 aromatic rings. The fraction of sp³-hybridized carbons (Fsp3) is 0.310. The van der Waals surface area contributed by atoms with Gasteiger partial charge in [0.2, 0.25) is 0 Å². The Morgan fingerprint density at radius 3 is 1.31 bits per heavy atom. The average Bonchev–Trinajstić information content (AvgIpc) is 3.35. The molecule has 0 saturated heterocycles. The van der Waals surface area contributed by atoms with E-state index in [0.29, 0.717) is 0 Å². The van der Waals surface area contributed by atoms with Gasteiger partial charge in [0, 0.05) is 25.8 Å². The van der Waals surface area contributed by atoms with Crippen LogP contribution >= 0.6 is 0 Å². The standard InChI is InChI=1S/2C13H15.C3H6.2ClH.Hf/c2*1-2-3-6-11-9-12-7-4-5-8-13(12)10-11;1-3-2;;;/h2*4-5,7-10H,2-3,6H2,1H3;1-3H2;2*1H;/q2*-1;-2;;;/p-2. The van der Waals surface area contributed by atoms with Crippen molar-refractivity contribution in [2.75, 3.05) is 0 Å². The van der Waals surface area contributed by atoms with Crippen LogP contribution in [0.1, 0.15) is 57.1 Å². The maximum absolute atomic E-state index is 3.38. The molecule has 0 unspecified atom stereocenters. The second-order valence-corrected chi connectivity index (χ2v) is 7.55. The molecular formula is C29H36Cl2Hf-6. The summed E-state index contributed by atoms with van der Waals surface area (Å²) in [7, 11) is 0. The Labute approximate surface area is 227 Å². The normalized spacial score (nSPS) is 9.38. The van der Waals surface area contributed by atoms with Crippen LogP contribution in [0.4, 0.5) is 0 Å². The van der Waals surface area contributed by atoms with Gasteiger partial charge >= 0.3 is 0 Å². The minimum absolute atomic E-state index is 0. The zero-order valence-corrected chi connectivity index (χ0v) is 24.7. The minimum Gasteiger partial charge on any atom is -1.00 e. The topological polar surface area (TPSA) is 0 Å². The molecule has 0 nitrogen and oxygen atoms in total. The molecular weight excluding hydrogens is 598 g/mol. The van der Waals surface area contributed by atoms with Crippen molar-refractivity contribution in [3.63, 3.8) is 0 Å². The van der Waals surface area contributed by atoms with Crippen molar-refractivity contribution in [1.29, 1.82) is 0 Å². The summed E-state index contributed by atoms with van der Waals surface area (Å²) in [6.07, 6.45) is 8.37. The van der Waals surface area contributed by atoms with Crippen LogP contribution in [0.2, 0.25) is 0 Å². The smallest absolute Gasteiger partial charge is 0 e. The monoisotopic (exact) mass is 634 g/mol. The van der Waals surface area contributed by atoms with Crippen molar-refractivity contribution in [1.82, 2.24) is 0 Å². The molecule has 0 aliphatic heterocycles. The number of fused-ring (bicyclic) bond motifs is 2. The van der Waals surface area contributed by atoms with Crippen molar-refractivity contribution in [3.05, 3.63) is 97.8 Å². The molecule has 176 valence electrons. The molecule has 3 heteroatoms. The van der Waals surface area contributed by atoms with E-state index in [9.17, 15) is 0 Å². The van der Waals surface area contributed by atoms with Crippen LogP contribution in [-0.2, 0) is 38.7 Å². The van der Waals surface area contributed by atoms with Crippen LogP contribution < -0.4 is 24.8 Å². The Bertz CT molecular complexity index is 808. The third-order valence-corrected chi connectivity index (χ3v) is 4.99. The molecule has 0 fully saturated rings. The second-order valence-electron chi connectivity index (χ2n) is 7.55. The van der Waals surface area contributed by atoms with Gasteiger partial charge in [0.15, 0.2) is 0 Å². The summed E-state index contributed by atoms with van der Waals surface area (Å²) in [6, 6.07) is 26.4. The third-order valence-electron chi connectivity index (χ3n) is 4.99. The van der Waals surface area contributed by atoms with E-state index in [-0.39, 0.29) is 50.7 Å². The van der Waals surface area contributed by atoms with Gasteiger partial charge in [-0.2, -0.15) is 12.1 Å². The molecule has 4 rings (SSSR count). The summed E-state index contributed by atoms with van der Waals surface area (Å²) < 4.78 is 0. The second kappa shape index (κ2) is 19.6. The van der Waals surface area contributed by atoms with Gasteiger partial charge in [0.05, 0.1) is 0 Å². The Morgan fingerprint density at radius 2 is 1.00 bits per heavy atom. The Hall–Kier alpha value is -0.890. The zero-order chi connectivity index (χ0) is 20.9. The first kappa shape index (κ1) is 33.3. The fourth-order valence-corrected chi connectivity index (χ4v) is 3.48. The summed E-state index contributed by atoms with van der Waals surface area (Å²) in [5.74, 6) is 0. The van der Waals surface area contributed by atoms with Crippen molar-refractivity contribution < 1.29 is 50.7 Å². The quantitative estimate of drug-likeness (QED) is 0.227. The van der Waals surface area contributed by atoms with E-state index in [1.54, 1.807) is 0 Å². The van der Waals surface area contributed by atoms with E-state index >= 15 is 0 Å². The number of halogens is 2. The maximum Gasteiger partial charge on any atom is 0 e. The van der Waals surface area contributed by atoms with E-state index in [1.165, 1.54) is 71.2 Å². The first-order valence-corrected chi connectivity index (χ1v) is 11.1. The van der Waals surface area contributed by atoms with Crippen LogP contribution in [0.15, 0.2) is 72.8 Å². The minimum atomic E-state index is 0. The molecule has 0 N–H and O–H groups in total. The van der Waals surface area contributed by atoms with Gasteiger partial charge in [0.1, 0.15) is 0 Å². The van der Waals surface area contributed by atoms with E-state index in [4.69, 9.17) is 0 Å². The Morgan fingerprint density at radius 1 is 0.656 bits per heavy atom. The van der Waals surface area contributed by atoms with Gasteiger partial charge < -0.3 is 45.1 Å². The summed E-state index contributed by atoms with van der Waals surface area (Å²) in [6.45, 7) is 11.2. The predicted octanol–water partition coefficient (Wildman–Crippen LogP) is 2.85. The molecule has 0 radical (unpaired) electrons. The summed E-state index contributed by atoms with van der Waals surface area (Å²) in [5, 5.41) is 5.53. The number of unbranched alkanes of at least 4 members (excludes halogenated alkanes) is 2. The van der Waals surface area contributed by atoms with E-state index in [2.05, 4.69) is 100 Å². The first-order chi connectivity index (χ1) is 14.2. The molecule has 0 atom stereocenters. The number of benzene rings is 2. The van der Waals surface area contributed by atoms with Crippen molar-refractivity contribution in [2.24, 2.45) is 0 Å². The summed E-state index contributed by atoms with van der Waals surface area (Å²) >= 11 is 0. The Kier molecular flexibility index (Phi) is 20.4. The SMILES string of the molecule is CCCCc1cc2ccccc2[cH-]1.CCCCc1cc2ccccc2[cH-]1.[CH2-]C[CH2-].[Cl-].[Cl-].[Hf]. The van der Waals surface area contributed by atoms with Gasteiger partial charge in [-0.25, -0.2) is 0 Å². The number of aryl methyl sites for hydroxylation is 2. The number of hydrogen-bond donors (Lipinski definition) is 0. The van der Waals surface area contributed by atoms with Gasteiger partial charge in [-0.1, -0.05) is 51.7 Å². The van der Waals surface area contributed by atoms with Gasteiger partial charge in [-0.05, 0) is 12.8 Å². The molecule has 0 saturated carbocycles. The molecule has 0 spiro atoms. The van der Waals surface area contributed by atoms with E-state index in [0.717, 1.165) is 6.42 Å². The van der Waals surface area contributed by atoms with Crippen LogP contribution in [-0.4, -0.2) is 0 Å². The molecule has 32 heavy (non-hydrogen) atoms. The van der Waals surface area contributed by atoms with E-state index < -0.39 is 0 Å². The molecule has 0 bridgehead atoms. The van der Waals surface area contributed by atoms with Crippen LogP contribution in [0, 0.1) is 13.8 Å². The molecule has 0 aromatic heterocycles. The van der Waals surface area contributed by atoms with Crippen LogP contribution in [0.25, 0.3) is 21.5 Å². The molecule has 0 amide bonds. The van der Waals surface area contributed by atoms with Crippen LogP contribution in [0.5, 0.6) is 0 Å². The summed E-state index contributed by atoms with van der Waals surface area (Å²) in [4.78, 5) is 0. The summed E-state index contributed by atoms with van der Waals surface area (Å²) in [5.41, 5.74) is 2.98. The largest absolute Gasteiger partial charge is 1.00 e. The van der Waals surface area contributed by atoms with E-state index in [1.807, 2.05) is 0 Å². The van der Waals surface area contributed by atoms with Gasteiger partial charge in [-0.15, -0.1) is 81.2 Å². The first-order valence-electron chi connectivity index (χ1n) is 11.1. The third kappa shape index (κ3) is 11.3. The van der Waals surface area contributed by atoms with Gasteiger partial charge in [-0.3, -0.25) is 0 Å². The number of rotatable bonds is 6. The molecule has 0 aliphatic rings. The molecule has 0 aliphatic carbocycles. The fourth-order valence-electron chi connectivity index (χ4n) is 3.48. The van der Waals surface area contributed by atoms with Crippen molar-refractivity contribution in [2.45, 2.75) is 58.8 Å².